The highest BCUT2D eigenvalue weighted by Gasteiger charge is 1.97. The minimum absolute atomic E-state index is 0.530. The number of hydrogen-bond acceptors (Lipinski definition) is 1. The van der Waals surface area contributed by atoms with E-state index < -0.39 is 0 Å². The molecule has 0 fully saturated rings. The van der Waals surface area contributed by atoms with Crippen molar-refractivity contribution >= 4 is 12.7 Å². The van der Waals surface area contributed by atoms with Gasteiger partial charge in [0.05, 0.1) is 7.11 Å². The second kappa shape index (κ2) is 4.32. The Morgan fingerprint density at radius 1 is 1.36 bits per heavy atom. The lowest BCUT2D eigenvalue weighted by atomic mass is 10.1. The van der Waals surface area contributed by atoms with E-state index in [9.17, 15) is 0 Å². The number of ether oxygens (including phenoxy) is 1. The predicted octanol–water partition coefficient (Wildman–Crippen LogP) is 1.85. The smallest absolute Gasteiger partial charge is 0.126 e. The van der Waals surface area contributed by atoms with Crippen LogP contribution in [0.5, 0.6) is 5.75 Å². The molecule has 76 valence electrons. The highest BCUT2D eigenvalue weighted by atomic mass is 16.5. The van der Waals surface area contributed by atoms with Crippen LogP contribution in [0, 0.1) is 12.8 Å². The van der Waals surface area contributed by atoms with Gasteiger partial charge in [-0.25, -0.2) is 0 Å². The van der Waals surface area contributed by atoms with E-state index in [1.54, 1.807) is 7.11 Å². The maximum absolute atomic E-state index is 5.27. The van der Waals surface area contributed by atoms with Crippen molar-refractivity contribution in [1.29, 1.82) is 0 Å². The largest absolute Gasteiger partial charge is 0.496 e. The van der Waals surface area contributed by atoms with Gasteiger partial charge in [0.2, 0.25) is 0 Å². The SMILES string of the molecule is C=c1c(OC)cc(C)c/c1=C/C(C)C. The van der Waals surface area contributed by atoms with E-state index in [0.29, 0.717) is 5.92 Å². The Morgan fingerprint density at radius 3 is 2.50 bits per heavy atom. The zero-order valence-electron chi connectivity index (χ0n) is 9.42. The van der Waals surface area contributed by atoms with Gasteiger partial charge in [-0.1, -0.05) is 32.6 Å². The van der Waals surface area contributed by atoms with Crippen LogP contribution in [0.25, 0.3) is 12.7 Å². The zero-order valence-corrected chi connectivity index (χ0v) is 9.42. The first-order chi connectivity index (χ1) is 6.54. The van der Waals surface area contributed by atoms with E-state index in [1.165, 1.54) is 10.8 Å². The molecule has 0 aliphatic heterocycles. The van der Waals surface area contributed by atoms with E-state index in [-0.39, 0.29) is 0 Å². The minimum Gasteiger partial charge on any atom is -0.496 e. The highest BCUT2D eigenvalue weighted by Crippen LogP contribution is 2.03. The Kier molecular flexibility index (Phi) is 3.34. The summed E-state index contributed by atoms with van der Waals surface area (Å²) in [7, 11) is 1.68. The molecule has 0 amide bonds. The van der Waals surface area contributed by atoms with Gasteiger partial charge in [-0.05, 0) is 29.7 Å². The Balaban J connectivity index is 3.45. The van der Waals surface area contributed by atoms with Crippen molar-refractivity contribution in [2.45, 2.75) is 20.8 Å². The van der Waals surface area contributed by atoms with Crippen LogP contribution in [0.15, 0.2) is 12.1 Å². The van der Waals surface area contributed by atoms with Crippen LogP contribution in [-0.2, 0) is 0 Å². The molecule has 1 aromatic carbocycles. The molecule has 0 saturated carbocycles. The normalized spacial score (nSPS) is 12.2. The van der Waals surface area contributed by atoms with Crippen LogP contribution in [-0.4, -0.2) is 7.11 Å². The summed E-state index contributed by atoms with van der Waals surface area (Å²) in [6, 6.07) is 4.16. The quantitative estimate of drug-likeness (QED) is 0.691. The summed E-state index contributed by atoms with van der Waals surface area (Å²) in [6.45, 7) is 10.4. The average molecular weight is 190 g/mol. The highest BCUT2D eigenvalue weighted by molar-refractivity contribution is 5.38. The molecule has 0 aliphatic carbocycles. The summed E-state index contributed by atoms with van der Waals surface area (Å²) in [5.74, 6) is 1.40. The van der Waals surface area contributed by atoms with Crippen molar-refractivity contribution in [3.8, 4) is 5.75 Å². The molecule has 0 saturated heterocycles. The number of hydrogen-bond donors (Lipinski definition) is 0. The second-order valence-electron chi connectivity index (χ2n) is 3.95. The van der Waals surface area contributed by atoms with Crippen LogP contribution in [0.1, 0.15) is 19.4 Å². The van der Waals surface area contributed by atoms with Crippen molar-refractivity contribution in [2.24, 2.45) is 5.92 Å². The van der Waals surface area contributed by atoms with Crippen molar-refractivity contribution in [3.05, 3.63) is 28.1 Å². The van der Waals surface area contributed by atoms with E-state index in [4.69, 9.17) is 4.74 Å². The average Bonchev–Trinajstić information content (AvgIpc) is 2.09. The van der Waals surface area contributed by atoms with Gasteiger partial charge in [0.15, 0.2) is 0 Å². The molecule has 0 bridgehead atoms. The third-order valence-corrected chi connectivity index (χ3v) is 2.12. The van der Waals surface area contributed by atoms with Crippen molar-refractivity contribution in [1.82, 2.24) is 0 Å². The third kappa shape index (κ3) is 2.38. The minimum atomic E-state index is 0.530. The summed E-state index contributed by atoms with van der Waals surface area (Å²) in [5, 5.41) is 2.16. The van der Waals surface area contributed by atoms with Crippen LogP contribution >= 0.6 is 0 Å². The molecule has 0 heterocycles. The molecule has 1 rings (SSSR count). The van der Waals surface area contributed by atoms with Crippen molar-refractivity contribution in [3.63, 3.8) is 0 Å². The number of aryl methyl sites for hydroxylation is 1. The molecule has 0 N–H and O–H groups in total. The van der Waals surface area contributed by atoms with Gasteiger partial charge in [-0.2, -0.15) is 0 Å². The molecular weight excluding hydrogens is 172 g/mol. The molecule has 0 aliphatic rings. The predicted molar refractivity (Wildman–Crippen MR) is 61.8 cm³/mol. The maximum Gasteiger partial charge on any atom is 0.126 e. The van der Waals surface area contributed by atoms with Gasteiger partial charge < -0.3 is 4.74 Å². The fourth-order valence-electron chi connectivity index (χ4n) is 1.50. The Bertz CT molecular complexity index is 416. The molecule has 14 heavy (non-hydrogen) atoms. The van der Waals surface area contributed by atoms with Gasteiger partial charge >= 0.3 is 0 Å². The molecule has 0 radical (unpaired) electrons. The lowest BCUT2D eigenvalue weighted by Gasteiger charge is -2.04. The van der Waals surface area contributed by atoms with Gasteiger partial charge in [0, 0.05) is 5.22 Å². The van der Waals surface area contributed by atoms with Crippen molar-refractivity contribution in [2.75, 3.05) is 7.11 Å². The van der Waals surface area contributed by atoms with E-state index >= 15 is 0 Å². The lowest BCUT2D eigenvalue weighted by molar-refractivity contribution is 0.410. The summed E-state index contributed by atoms with van der Waals surface area (Å²) >= 11 is 0. The first-order valence-electron chi connectivity index (χ1n) is 4.90. The Morgan fingerprint density at radius 2 is 2.00 bits per heavy atom. The van der Waals surface area contributed by atoms with E-state index in [2.05, 4.69) is 39.5 Å². The number of methoxy groups -OCH3 is 1. The van der Waals surface area contributed by atoms with Crippen LogP contribution in [0.4, 0.5) is 0 Å². The number of benzene rings is 1. The lowest BCUT2D eigenvalue weighted by Crippen LogP contribution is -2.25. The van der Waals surface area contributed by atoms with Gasteiger partial charge in [-0.3, -0.25) is 0 Å². The number of rotatable bonds is 2. The maximum atomic E-state index is 5.27. The molecule has 0 unspecified atom stereocenters. The molecular formula is C13H18O. The molecule has 1 heteroatoms. The van der Waals surface area contributed by atoms with Gasteiger partial charge in [0.25, 0.3) is 0 Å². The van der Waals surface area contributed by atoms with Crippen molar-refractivity contribution < 1.29 is 4.74 Å². The zero-order chi connectivity index (χ0) is 10.7. The van der Waals surface area contributed by atoms with Gasteiger partial charge in [-0.15, -0.1) is 0 Å². The third-order valence-electron chi connectivity index (χ3n) is 2.12. The fourth-order valence-corrected chi connectivity index (χ4v) is 1.50. The summed E-state index contributed by atoms with van der Waals surface area (Å²) < 4.78 is 5.27. The van der Waals surface area contributed by atoms with E-state index in [1.807, 2.05) is 6.07 Å². The molecule has 1 nitrogen and oxygen atoms in total. The molecule has 0 spiro atoms. The molecule has 0 atom stereocenters. The first-order valence-corrected chi connectivity index (χ1v) is 4.90. The Hall–Kier alpha value is -1.24. The Labute approximate surface area is 85.7 Å². The molecule has 0 aromatic heterocycles. The fraction of sp³-hybridized carbons (Fsp3) is 0.385. The molecule has 1 aromatic rings. The van der Waals surface area contributed by atoms with Crippen LogP contribution < -0.4 is 15.2 Å². The first kappa shape index (κ1) is 10.8. The van der Waals surface area contributed by atoms with Crippen LogP contribution in [0.3, 0.4) is 0 Å². The van der Waals surface area contributed by atoms with E-state index in [0.717, 1.165) is 11.0 Å². The topological polar surface area (TPSA) is 9.23 Å². The second-order valence-corrected chi connectivity index (χ2v) is 3.95. The monoisotopic (exact) mass is 190 g/mol. The van der Waals surface area contributed by atoms with Gasteiger partial charge in [0.1, 0.15) is 5.75 Å². The van der Waals surface area contributed by atoms with Crippen LogP contribution in [0.2, 0.25) is 0 Å². The summed E-state index contributed by atoms with van der Waals surface area (Å²) in [6.07, 6.45) is 2.21. The summed E-state index contributed by atoms with van der Waals surface area (Å²) in [4.78, 5) is 0. The standard InChI is InChI=1S/C13H18O/c1-9(2)6-12-7-10(3)8-13(14-5)11(12)4/h6-9H,4H2,1-3,5H3/b12-6-. The summed E-state index contributed by atoms with van der Waals surface area (Å²) in [5.41, 5.74) is 1.21.